The third-order valence-electron chi connectivity index (χ3n) is 3.16. The molecule has 1 aromatic rings. The molecule has 2 heterocycles. The minimum atomic E-state index is -2.83. The van der Waals surface area contributed by atoms with Crippen LogP contribution in [0.2, 0.25) is 0 Å². The second-order valence-corrected chi connectivity index (χ2v) is 7.11. The van der Waals surface area contributed by atoms with E-state index in [4.69, 9.17) is 4.74 Å². The van der Waals surface area contributed by atoms with Gasteiger partial charge in [0.1, 0.15) is 5.69 Å². The summed E-state index contributed by atoms with van der Waals surface area (Å²) >= 11 is 0. The predicted molar refractivity (Wildman–Crippen MR) is 68.3 cm³/mol. The maximum absolute atomic E-state index is 11.3. The predicted octanol–water partition coefficient (Wildman–Crippen LogP) is -0.0748. The van der Waals surface area contributed by atoms with Gasteiger partial charge in [0, 0.05) is 0 Å². The van der Waals surface area contributed by atoms with Crippen molar-refractivity contribution in [3.63, 3.8) is 0 Å². The Labute approximate surface area is 112 Å². The van der Waals surface area contributed by atoms with Crippen LogP contribution in [0.3, 0.4) is 0 Å². The first-order chi connectivity index (χ1) is 8.96. The lowest BCUT2D eigenvalue weighted by Gasteiger charge is -2.22. The minimum absolute atomic E-state index is 0.0169. The number of aliphatic hydroxyl groups is 1. The van der Waals surface area contributed by atoms with Gasteiger partial charge in [-0.2, -0.15) is 0 Å². The van der Waals surface area contributed by atoms with Crippen LogP contribution < -0.4 is 0 Å². The van der Waals surface area contributed by atoms with Gasteiger partial charge in [0.25, 0.3) is 0 Å². The van der Waals surface area contributed by atoms with Crippen molar-refractivity contribution >= 4 is 9.84 Å². The number of hydrogen-bond donors (Lipinski definition) is 1. The van der Waals surface area contributed by atoms with Crippen LogP contribution in [-0.2, 0) is 21.1 Å². The number of rotatable bonds is 5. The molecule has 1 fully saturated rings. The zero-order valence-corrected chi connectivity index (χ0v) is 11.7. The molecule has 8 heteroatoms. The molecular weight excluding hydrogens is 270 g/mol. The van der Waals surface area contributed by atoms with Crippen molar-refractivity contribution in [2.75, 3.05) is 18.1 Å². The normalized spacial score (nSPS) is 21.4. The van der Waals surface area contributed by atoms with E-state index in [9.17, 15) is 13.5 Å². The highest BCUT2D eigenvalue weighted by Gasteiger charge is 2.23. The molecule has 0 radical (unpaired) electrons. The molecule has 0 spiro atoms. The van der Waals surface area contributed by atoms with Gasteiger partial charge in [-0.25, -0.2) is 13.1 Å². The molecule has 1 atom stereocenters. The Balaban J connectivity index is 1.72. The average molecular weight is 289 g/mol. The van der Waals surface area contributed by atoms with E-state index in [0.29, 0.717) is 31.7 Å². The van der Waals surface area contributed by atoms with Crippen molar-refractivity contribution in [2.45, 2.75) is 38.5 Å². The smallest absolute Gasteiger partial charge is 0.150 e. The fourth-order valence-electron chi connectivity index (χ4n) is 1.96. The molecular formula is C11H19N3O4S. The van der Waals surface area contributed by atoms with Crippen LogP contribution in [0.25, 0.3) is 0 Å². The van der Waals surface area contributed by atoms with Gasteiger partial charge in [-0.1, -0.05) is 5.21 Å². The lowest BCUT2D eigenvalue weighted by atomic mass is 10.2. The van der Waals surface area contributed by atoms with Gasteiger partial charge in [-0.3, -0.25) is 0 Å². The number of aliphatic hydroxyl groups excluding tert-OH is 1. The summed E-state index contributed by atoms with van der Waals surface area (Å²) < 4.78 is 29.8. The summed E-state index contributed by atoms with van der Waals surface area (Å²) in [5.74, 6) is 0.431. The van der Waals surface area contributed by atoms with Crippen LogP contribution in [0.15, 0.2) is 6.20 Å². The fourth-order valence-corrected chi connectivity index (χ4v) is 3.41. The van der Waals surface area contributed by atoms with Gasteiger partial charge < -0.3 is 9.84 Å². The highest BCUT2D eigenvalue weighted by molar-refractivity contribution is 7.91. The quantitative estimate of drug-likeness (QED) is 0.815. The van der Waals surface area contributed by atoms with Crippen molar-refractivity contribution in [2.24, 2.45) is 0 Å². The summed E-state index contributed by atoms with van der Waals surface area (Å²) in [7, 11) is -2.83. The molecule has 0 aliphatic carbocycles. The molecule has 1 unspecified atom stereocenters. The van der Waals surface area contributed by atoms with E-state index in [1.54, 1.807) is 17.8 Å². The highest BCUT2D eigenvalue weighted by atomic mass is 32.2. The Morgan fingerprint density at radius 3 is 2.79 bits per heavy atom. The van der Waals surface area contributed by atoms with Gasteiger partial charge in [-0.05, 0) is 19.8 Å². The SMILES string of the molecule is CC(O)c1cn(CCOC2CCS(=O)(=O)CC2)nn1. The number of sulfone groups is 1. The van der Waals surface area contributed by atoms with Crippen molar-refractivity contribution in [1.82, 2.24) is 15.0 Å². The monoisotopic (exact) mass is 289 g/mol. The largest absolute Gasteiger partial charge is 0.387 e. The van der Waals surface area contributed by atoms with Crippen molar-refractivity contribution in [1.29, 1.82) is 0 Å². The fraction of sp³-hybridized carbons (Fsp3) is 0.818. The first kappa shape index (κ1) is 14.4. The third kappa shape index (κ3) is 4.26. The molecule has 0 bridgehead atoms. The molecule has 0 aromatic carbocycles. The molecule has 1 saturated heterocycles. The van der Waals surface area contributed by atoms with E-state index in [1.807, 2.05) is 0 Å². The first-order valence-electron chi connectivity index (χ1n) is 6.36. The molecule has 1 aliphatic heterocycles. The van der Waals surface area contributed by atoms with Gasteiger partial charge in [0.05, 0.1) is 43.1 Å². The Morgan fingerprint density at radius 1 is 1.53 bits per heavy atom. The summed E-state index contributed by atoms with van der Waals surface area (Å²) in [6.07, 6.45) is 2.21. The maximum atomic E-state index is 11.3. The number of hydrogen-bond acceptors (Lipinski definition) is 6. The van der Waals surface area contributed by atoms with E-state index in [0.717, 1.165) is 0 Å². The molecule has 7 nitrogen and oxygen atoms in total. The zero-order chi connectivity index (χ0) is 13.9. The lowest BCUT2D eigenvalue weighted by molar-refractivity contribution is 0.0402. The number of ether oxygens (including phenoxy) is 1. The lowest BCUT2D eigenvalue weighted by Crippen LogP contribution is -2.29. The average Bonchev–Trinajstić information content (AvgIpc) is 2.80. The van der Waals surface area contributed by atoms with Crippen molar-refractivity contribution in [3.8, 4) is 0 Å². The summed E-state index contributed by atoms with van der Waals surface area (Å²) in [5.41, 5.74) is 0.531. The molecule has 0 amide bonds. The van der Waals surface area contributed by atoms with E-state index in [1.165, 1.54) is 0 Å². The summed E-state index contributed by atoms with van der Waals surface area (Å²) in [6.45, 7) is 2.64. The van der Waals surface area contributed by atoms with Crippen LogP contribution in [-0.4, -0.2) is 52.7 Å². The van der Waals surface area contributed by atoms with Gasteiger partial charge >= 0.3 is 0 Å². The second kappa shape index (κ2) is 5.98. The Bertz CT molecular complexity index is 498. The van der Waals surface area contributed by atoms with Gasteiger partial charge in [-0.15, -0.1) is 5.10 Å². The minimum Gasteiger partial charge on any atom is -0.387 e. The number of nitrogens with zero attached hydrogens (tertiary/aromatic N) is 3. The second-order valence-electron chi connectivity index (χ2n) is 4.80. The van der Waals surface area contributed by atoms with E-state index >= 15 is 0 Å². The van der Waals surface area contributed by atoms with Crippen molar-refractivity contribution < 1.29 is 18.3 Å². The Morgan fingerprint density at radius 2 is 2.21 bits per heavy atom. The molecule has 0 saturated carbocycles. The summed E-state index contributed by atoms with van der Waals surface area (Å²) in [5, 5.41) is 17.0. The maximum Gasteiger partial charge on any atom is 0.150 e. The van der Waals surface area contributed by atoms with Crippen LogP contribution in [0, 0.1) is 0 Å². The van der Waals surface area contributed by atoms with E-state index in [2.05, 4.69) is 10.3 Å². The molecule has 19 heavy (non-hydrogen) atoms. The van der Waals surface area contributed by atoms with Gasteiger partial charge in [0.15, 0.2) is 9.84 Å². The Hall–Kier alpha value is -0.990. The highest BCUT2D eigenvalue weighted by Crippen LogP contribution is 2.15. The van der Waals surface area contributed by atoms with E-state index in [-0.39, 0.29) is 17.6 Å². The topological polar surface area (TPSA) is 94.3 Å². The zero-order valence-electron chi connectivity index (χ0n) is 10.9. The van der Waals surface area contributed by atoms with E-state index < -0.39 is 15.9 Å². The first-order valence-corrected chi connectivity index (χ1v) is 8.18. The van der Waals surface area contributed by atoms with Crippen LogP contribution >= 0.6 is 0 Å². The molecule has 1 N–H and O–H groups in total. The van der Waals surface area contributed by atoms with Crippen molar-refractivity contribution in [3.05, 3.63) is 11.9 Å². The van der Waals surface area contributed by atoms with Crippen LogP contribution in [0.5, 0.6) is 0 Å². The van der Waals surface area contributed by atoms with Crippen LogP contribution in [0.1, 0.15) is 31.6 Å². The Kier molecular flexibility index (Phi) is 4.54. The standard InChI is InChI=1S/C11H19N3O4S/c1-9(15)11-8-14(13-12-11)4-5-18-10-2-6-19(16,17)7-3-10/h8-10,15H,2-7H2,1H3. The molecule has 2 rings (SSSR count). The molecule has 108 valence electrons. The third-order valence-corrected chi connectivity index (χ3v) is 4.88. The molecule has 1 aromatic heterocycles. The number of aromatic nitrogens is 3. The van der Waals surface area contributed by atoms with Gasteiger partial charge in [0.2, 0.25) is 0 Å². The molecule has 1 aliphatic rings. The summed E-state index contributed by atoms with van der Waals surface area (Å²) in [4.78, 5) is 0. The summed E-state index contributed by atoms with van der Waals surface area (Å²) in [6, 6.07) is 0. The van der Waals surface area contributed by atoms with Crippen LogP contribution in [0.4, 0.5) is 0 Å².